The molecule has 0 aromatic rings. The molecule has 0 bridgehead atoms. The van der Waals surface area contributed by atoms with Gasteiger partial charge in [-0.15, -0.1) is 0 Å². The molecule has 3 nitrogen and oxygen atoms in total. The SMILES string of the molecule is CCCCCCCCCSCCCCCCCCCCCCP(C)(O)(O)O. The zero-order chi connectivity index (χ0) is 20.3. The van der Waals surface area contributed by atoms with Crippen LogP contribution >= 0.6 is 19.0 Å². The summed E-state index contributed by atoms with van der Waals surface area (Å²) >= 11 is 2.15. The maximum atomic E-state index is 9.37. The quantitative estimate of drug-likeness (QED) is 0.134. The Morgan fingerprint density at radius 3 is 1.22 bits per heavy atom. The summed E-state index contributed by atoms with van der Waals surface area (Å²) < 4.78 is 0. The molecular formula is C22H49O3PS. The third-order valence-electron chi connectivity index (χ3n) is 5.11. The van der Waals surface area contributed by atoms with Crippen LogP contribution < -0.4 is 0 Å². The van der Waals surface area contributed by atoms with Crippen molar-refractivity contribution < 1.29 is 14.7 Å². The fourth-order valence-corrected chi connectivity index (χ4v) is 5.35. The second kappa shape index (κ2) is 17.5. The molecule has 0 atom stereocenters. The van der Waals surface area contributed by atoms with Crippen LogP contribution in [0.1, 0.15) is 116 Å². The molecule has 0 aliphatic heterocycles. The van der Waals surface area contributed by atoms with E-state index in [-0.39, 0.29) is 6.16 Å². The van der Waals surface area contributed by atoms with Crippen molar-refractivity contribution in [2.75, 3.05) is 24.3 Å². The van der Waals surface area contributed by atoms with Crippen molar-refractivity contribution in [3.63, 3.8) is 0 Å². The predicted octanol–water partition coefficient (Wildman–Crippen LogP) is 7.28. The molecule has 0 radical (unpaired) electrons. The van der Waals surface area contributed by atoms with Gasteiger partial charge in [-0.2, -0.15) is 11.8 Å². The van der Waals surface area contributed by atoms with Crippen LogP contribution in [0.25, 0.3) is 0 Å². The van der Waals surface area contributed by atoms with Crippen LogP contribution in [-0.4, -0.2) is 39.0 Å². The first kappa shape index (κ1) is 27.7. The number of hydrogen-bond donors (Lipinski definition) is 3. The van der Waals surface area contributed by atoms with E-state index in [4.69, 9.17) is 0 Å². The number of hydrogen-bond acceptors (Lipinski definition) is 4. The third kappa shape index (κ3) is 26.7. The van der Waals surface area contributed by atoms with Crippen molar-refractivity contribution in [2.24, 2.45) is 0 Å². The summed E-state index contributed by atoms with van der Waals surface area (Å²) in [7, 11) is -4.23. The van der Waals surface area contributed by atoms with Crippen LogP contribution in [0.5, 0.6) is 0 Å². The molecule has 0 aliphatic rings. The van der Waals surface area contributed by atoms with E-state index >= 15 is 0 Å². The summed E-state index contributed by atoms with van der Waals surface area (Å²) in [5, 5.41) is 0. The first-order valence-electron chi connectivity index (χ1n) is 11.6. The molecule has 3 N–H and O–H groups in total. The fraction of sp³-hybridized carbons (Fsp3) is 1.00. The van der Waals surface area contributed by atoms with Crippen molar-refractivity contribution in [2.45, 2.75) is 116 Å². The molecule has 0 aromatic carbocycles. The zero-order valence-corrected chi connectivity index (χ0v) is 20.1. The molecule has 0 fully saturated rings. The summed E-state index contributed by atoms with van der Waals surface area (Å²) in [5.41, 5.74) is 0. The molecule has 0 heterocycles. The molecular weight excluding hydrogens is 375 g/mol. The minimum atomic E-state index is -4.23. The summed E-state index contributed by atoms with van der Waals surface area (Å²) in [6.45, 7) is 3.46. The predicted molar refractivity (Wildman–Crippen MR) is 126 cm³/mol. The van der Waals surface area contributed by atoms with Gasteiger partial charge < -0.3 is 0 Å². The van der Waals surface area contributed by atoms with Gasteiger partial charge in [-0.25, -0.2) is 0 Å². The molecule has 27 heavy (non-hydrogen) atoms. The first-order chi connectivity index (χ1) is 12.8. The van der Waals surface area contributed by atoms with Gasteiger partial charge >= 0.3 is 105 Å². The van der Waals surface area contributed by atoms with Crippen molar-refractivity contribution in [1.82, 2.24) is 0 Å². The number of thioether (sulfide) groups is 1. The third-order valence-corrected chi connectivity index (χ3v) is 7.63. The molecule has 0 spiro atoms. The average molecular weight is 425 g/mol. The Morgan fingerprint density at radius 2 is 0.852 bits per heavy atom. The van der Waals surface area contributed by atoms with Gasteiger partial charge in [0.1, 0.15) is 0 Å². The van der Waals surface area contributed by atoms with E-state index in [1.165, 1.54) is 108 Å². The van der Waals surface area contributed by atoms with Gasteiger partial charge in [0.2, 0.25) is 0 Å². The minimum absolute atomic E-state index is 0.155. The van der Waals surface area contributed by atoms with Gasteiger partial charge in [0.15, 0.2) is 0 Å². The zero-order valence-electron chi connectivity index (χ0n) is 18.3. The van der Waals surface area contributed by atoms with Crippen molar-refractivity contribution >= 4 is 19.0 Å². The Hall–Kier alpha value is 0.660. The average Bonchev–Trinajstić information content (AvgIpc) is 2.58. The summed E-state index contributed by atoms with van der Waals surface area (Å²) in [6, 6.07) is 0. The Bertz CT molecular complexity index is 309. The summed E-state index contributed by atoms with van der Waals surface area (Å²) in [5.74, 6) is 2.71. The summed E-state index contributed by atoms with van der Waals surface area (Å²) in [6.07, 6.45) is 22.3. The molecule has 0 saturated carbocycles. The molecule has 0 rings (SSSR count). The van der Waals surface area contributed by atoms with Crippen LogP contribution in [0, 0.1) is 0 Å². The van der Waals surface area contributed by atoms with Crippen molar-refractivity contribution in [3.05, 3.63) is 0 Å². The Labute approximate surface area is 174 Å². The van der Waals surface area contributed by atoms with E-state index in [2.05, 4.69) is 18.7 Å². The molecule has 166 valence electrons. The monoisotopic (exact) mass is 424 g/mol. The van der Waals surface area contributed by atoms with Crippen molar-refractivity contribution in [1.29, 1.82) is 0 Å². The van der Waals surface area contributed by atoms with Crippen molar-refractivity contribution in [3.8, 4) is 0 Å². The Balaban J connectivity index is 3.07. The van der Waals surface area contributed by atoms with Gasteiger partial charge in [-0.1, -0.05) is 45.4 Å². The van der Waals surface area contributed by atoms with Crippen LogP contribution in [0.4, 0.5) is 0 Å². The van der Waals surface area contributed by atoms with Crippen LogP contribution in [-0.2, 0) is 0 Å². The standard InChI is InChI=1S/C22H49O3PS/c1-3-4-5-6-12-15-18-21-27-22-19-16-13-10-8-7-9-11-14-17-20-26(2,23,24)25/h23-25H,3-22H2,1-2H3. The number of unbranched alkanes of at least 4 members (excludes halogenated alkanes) is 15. The topological polar surface area (TPSA) is 60.7 Å². The molecule has 5 heteroatoms. The fourth-order valence-electron chi connectivity index (χ4n) is 3.36. The Morgan fingerprint density at radius 1 is 0.519 bits per heavy atom. The van der Waals surface area contributed by atoms with E-state index in [0.29, 0.717) is 6.42 Å². The van der Waals surface area contributed by atoms with Gasteiger partial charge in [-0.3, -0.25) is 0 Å². The van der Waals surface area contributed by atoms with Crippen LogP contribution in [0.2, 0.25) is 0 Å². The first-order valence-corrected chi connectivity index (χ1v) is 15.5. The van der Waals surface area contributed by atoms with Gasteiger partial charge in [0, 0.05) is 0 Å². The van der Waals surface area contributed by atoms with Gasteiger partial charge in [0.05, 0.1) is 0 Å². The number of rotatable bonds is 21. The second-order valence-electron chi connectivity index (χ2n) is 8.60. The maximum absolute atomic E-state index is 9.37. The van der Waals surface area contributed by atoms with Gasteiger partial charge in [0.25, 0.3) is 0 Å². The Kier molecular flexibility index (Phi) is 17.9. The second-order valence-corrected chi connectivity index (χ2v) is 13.5. The van der Waals surface area contributed by atoms with Crippen LogP contribution in [0.15, 0.2) is 0 Å². The molecule has 0 unspecified atom stereocenters. The molecule has 0 amide bonds. The van der Waals surface area contributed by atoms with E-state index < -0.39 is 7.28 Å². The molecule has 0 aromatic heterocycles. The van der Waals surface area contributed by atoms with Gasteiger partial charge in [-0.05, 0) is 12.2 Å². The molecule has 0 aliphatic carbocycles. The normalized spacial score (nSPS) is 13.6. The van der Waals surface area contributed by atoms with Crippen LogP contribution in [0.3, 0.4) is 0 Å². The van der Waals surface area contributed by atoms with E-state index in [9.17, 15) is 14.7 Å². The summed E-state index contributed by atoms with van der Waals surface area (Å²) in [4.78, 5) is 28.1. The van der Waals surface area contributed by atoms with E-state index in [0.717, 1.165) is 12.8 Å². The van der Waals surface area contributed by atoms with E-state index in [1.54, 1.807) is 0 Å². The molecule has 0 saturated heterocycles. The van der Waals surface area contributed by atoms with E-state index in [1.807, 2.05) is 0 Å².